The molecule has 116 valence electrons. The van der Waals surface area contributed by atoms with Gasteiger partial charge in [-0.1, -0.05) is 39.0 Å². The van der Waals surface area contributed by atoms with Crippen LogP contribution in [0.25, 0.3) is 0 Å². The van der Waals surface area contributed by atoms with Gasteiger partial charge < -0.3 is 9.64 Å². The van der Waals surface area contributed by atoms with Crippen molar-refractivity contribution in [2.24, 2.45) is 5.92 Å². The number of likely N-dealkylation sites (tertiary alicyclic amines) is 1. The predicted octanol–water partition coefficient (Wildman–Crippen LogP) is 3.84. The molecule has 21 heavy (non-hydrogen) atoms. The summed E-state index contributed by atoms with van der Waals surface area (Å²) in [5, 5.41) is 0. The summed E-state index contributed by atoms with van der Waals surface area (Å²) >= 11 is 0. The topological polar surface area (TPSA) is 29.5 Å². The maximum atomic E-state index is 12.5. The van der Waals surface area contributed by atoms with Gasteiger partial charge in [-0.15, -0.1) is 0 Å². The maximum absolute atomic E-state index is 12.5. The number of rotatable bonds is 4. The lowest BCUT2D eigenvalue weighted by atomic mass is 10.00. The van der Waals surface area contributed by atoms with Crippen LogP contribution >= 0.6 is 0 Å². The van der Waals surface area contributed by atoms with Crippen molar-refractivity contribution in [3.63, 3.8) is 0 Å². The summed E-state index contributed by atoms with van der Waals surface area (Å²) in [4.78, 5) is 14.5. The van der Waals surface area contributed by atoms with Gasteiger partial charge in [0.25, 0.3) is 5.91 Å². The maximum Gasteiger partial charge on any atom is 0.263 e. The van der Waals surface area contributed by atoms with Crippen molar-refractivity contribution in [2.45, 2.75) is 52.6 Å². The van der Waals surface area contributed by atoms with E-state index in [0.29, 0.717) is 11.8 Å². The van der Waals surface area contributed by atoms with E-state index in [2.05, 4.69) is 26.8 Å². The summed E-state index contributed by atoms with van der Waals surface area (Å²) in [6.45, 7) is 10.1. The van der Waals surface area contributed by atoms with Gasteiger partial charge in [0, 0.05) is 13.1 Å². The number of para-hydroxylation sites is 1. The minimum absolute atomic E-state index is 0.111. The fourth-order valence-electron chi connectivity index (χ4n) is 2.95. The van der Waals surface area contributed by atoms with Crippen molar-refractivity contribution in [1.29, 1.82) is 0 Å². The number of hydrogen-bond acceptors (Lipinski definition) is 2. The molecule has 1 aliphatic rings. The molecule has 0 saturated carbocycles. The third-order valence-electron chi connectivity index (χ3n) is 4.16. The minimum Gasteiger partial charge on any atom is -0.481 e. The van der Waals surface area contributed by atoms with Gasteiger partial charge in [-0.05, 0) is 43.2 Å². The van der Waals surface area contributed by atoms with Crippen molar-refractivity contribution in [1.82, 2.24) is 4.90 Å². The van der Waals surface area contributed by atoms with E-state index in [1.807, 2.05) is 30.0 Å². The van der Waals surface area contributed by atoms with Gasteiger partial charge in [0.2, 0.25) is 0 Å². The van der Waals surface area contributed by atoms with Gasteiger partial charge in [-0.3, -0.25) is 4.79 Å². The number of piperidine rings is 1. The third kappa shape index (κ3) is 3.99. The Kier molecular flexibility index (Phi) is 5.27. The largest absolute Gasteiger partial charge is 0.481 e. The van der Waals surface area contributed by atoms with E-state index in [-0.39, 0.29) is 5.91 Å². The van der Waals surface area contributed by atoms with Crippen LogP contribution in [0.15, 0.2) is 24.3 Å². The number of ether oxygens (including phenoxy) is 1. The van der Waals surface area contributed by atoms with Crippen LogP contribution in [-0.4, -0.2) is 30.0 Å². The van der Waals surface area contributed by atoms with E-state index in [1.54, 1.807) is 0 Å². The second-order valence-corrected chi connectivity index (χ2v) is 6.48. The van der Waals surface area contributed by atoms with E-state index in [4.69, 9.17) is 4.74 Å². The SMILES string of the molecule is CC(C)c1ccccc1O[C@@H](C)C(=O)N1CCC[C@@H](C)C1. The number of carbonyl (C=O) groups excluding carboxylic acids is 1. The Hall–Kier alpha value is -1.51. The van der Waals surface area contributed by atoms with Crippen molar-refractivity contribution < 1.29 is 9.53 Å². The monoisotopic (exact) mass is 289 g/mol. The lowest BCUT2D eigenvalue weighted by molar-refractivity contribution is -0.139. The number of carbonyl (C=O) groups is 1. The Morgan fingerprint density at radius 2 is 2.00 bits per heavy atom. The molecule has 3 heteroatoms. The highest BCUT2D eigenvalue weighted by Crippen LogP contribution is 2.27. The smallest absolute Gasteiger partial charge is 0.263 e. The first-order valence-electron chi connectivity index (χ1n) is 8.03. The Bertz CT molecular complexity index is 484. The molecule has 1 amide bonds. The van der Waals surface area contributed by atoms with Gasteiger partial charge in [0.15, 0.2) is 6.10 Å². The zero-order valence-corrected chi connectivity index (χ0v) is 13.6. The second-order valence-electron chi connectivity index (χ2n) is 6.48. The van der Waals surface area contributed by atoms with Gasteiger partial charge in [0.1, 0.15) is 5.75 Å². The first kappa shape index (κ1) is 15.9. The Morgan fingerprint density at radius 3 is 2.67 bits per heavy atom. The summed E-state index contributed by atoms with van der Waals surface area (Å²) in [6.07, 6.45) is 1.90. The highest BCUT2D eigenvalue weighted by Gasteiger charge is 2.26. The quantitative estimate of drug-likeness (QED) is 0.843. The van der Waals surface area contributed by atoms with Crippen LogP contribution in [0, 0.1) is 5.92 Å². The molecule has 1 aromatic rings. The molecule has 0 aliphatic carbocycles. The molecule has 0 radical (unpaired) electrons. The average molecular weight is 289 g/mol. The summed E-state index contributed by atoms with van der Waals surface area (Å²) in [7, 11) is 0. The Morgan fingerprint density at radius 1 is 1.29 bits per heavy atom. The lowest BCUT2D eigenvalue weighted by Gasteiger charge is -2.33. The van der Waals surface area contributed by atoms with E-state index >= 15 is 0 Å². The van der Waals surface area contributed by atoms with Gasteiger partial charge in [0.05, 0.1) is 0 Å². The molecule has 1 saturated heterocycles. The van der Waals surface area contributed by atoms with Crippen molar-refractivity contribution >= 4 is 5.91 Å². The molecular formula is C18H27NO2. The van der Waals surface area contributed by atoms with E-state index < -0.39 is 6.10 Å². The summed E-state index contributed by atoms with van der Waals surface area (Å²) in [5.41, 5.74) is 1.16. The Balaban J connectivity index is 2.04. The van der Waals surface area contributed by atoms with Crippen LogP contribution in [0.3, 0.4) is 0 Å². The van der Waals surface area contributed by atoms with Crippen LogP contribution in [-0.2, 0) is 4.79 Å². The zero-order valence-electron chi connectivity index (χ0n) is 13.6. The molecule has 1 aromatic carbocycles. The van der Waals surface area contributed by atoms with Gasteiger partial charge in [-0.2, -0.15) is 0 Å². The lowest BCUT2D eigenvalue weighted by Crippen LogP contribution is -2.45. The van der Waals surface area contributed by atoms with Crippen LogP contribution < -0.4 is 4.74 Å². The van der Waals surface area contributed by atoms with Crippen LogP contribution in [0.4, 0.5) is 0 Å². The fourth-order valence-corrected chi connectivity index (χ4v) is 2.95. The molecule has 1 aliphatic heterocycles. The number of amides is 1. The number of benzene rings is 1. The molecule has 3 nitrogen and oxygen atoms in total. The third-order valence-corrected chi connectivity index (χ3v) is 4.16. The van der Waals surface area contributed by atoms with Gasteiger partial charge >= 0.3 is 0 Å². The van der Waals surface area contributed by atoms with E-state index in [0.717, 1.165) is 30.8 Å². The van der Waals surface area contributed by atoms with Crippen molar-refractivity contribution in [3.05, 3.63) is 29.8 Å². The Labute approximate surface area is 128 Å². The van der Waals surface area contributed by atoms with Crippen LogP contribution in [0.2, 0.25) is 0 Å². The summed E-state index contributed by atoms with van der Waals surface area (Å²) < 4.78 is 5.97. The standard InChI is InChI=1S/C18H27NO2/c1-13(2)16-9-5-6-10-17(16)21-15(4)18(20)19-11-7-8-14(3)12-19/h5-6,9-10,13-15H,7-8,11-12H2,1-4H3/t14-,15+/m1/s1. The average Bonchev–Trinajstić information content (AvgIpc) is 2.46. The molecule has 0 bridgehead atoms. The predicted molar refractivity (Wildman–Crippen MR) is 85.6 cm³/mol. The molecule has 2 rings (SSSR count). The van der Waals surface area contributed by atoms with Crippen molar-refractivity contribution in [2.75, 3.05) is 13.1 Å². The first-order valence-corrected chi connectivity index (χ1v) is 8.03. The van der Waals surface area contributed by atoms with Crippen LogP contribution in [0.1, 0.15) is 52.0 Å². The highest BCUT2D eigenvalue weighted by atomic mass is 16.5. The summed E-state index contributed by atoms with van der Waals surface area (Å²) in [6, 6.07) is 8.00. The van der Waals surface area contributed by atoms with Crippen LogP contribution in [0.5, 0.6) is 5.75 Å². The summed E-state index contributed by atoms with van der Waals surface area (Å²) in [5.74, 6) is 1.93. The molecule has 0 aromatic heterocycles. The van der Waals surface area contributed by atoms with E-state index in [1.165, 1.54) is 6.42 Å². The highest BCUT2D eigenvalue weighted by molar-refractivity contribution is 5.81. The molecule has 1 fully saturated rings. The molecule has 0 spiro atoms. The normalized spacial score (nSPS) is 20.4. The fraction of sp³-hybridized carbons (Fsp3) is 0.611. The molecule has 0 N–H and O–H groups in total. The van der Waals surface area contributed by atoms with Gasteiger partial charge in [-0.25, -0.2) is 0 Å². The van der Waals surface area contributed by atoms with Crippen molar-refractivity contribution in [3.8, 4) is 5.75 Å². The second kappa shape index (κ2) is 6.97. The molecule has 0 unspecified atom stereocenters. The number of hydrogen-bond donors (Lipinski definition) is 0. The first-order chi connectivity index (χ1) is 9.99. The molecular weight excluding hydrogens is 262 g/mol. The van der Waals surface area contributed by atoms with E-state index in [9.17, 15) is 4.79 Å². The molecule has 2 atom stereocenters. The molecule has 1 heterocycles. The minimum atomic E-state index is -0.421. The number of nitrogens with zero attached hydrogens (tertiary/aromatic N) is 1. The zero-order chi connectivity index (χ0) is 15.4.